The first kappa shape index (κ1) is 13.6. The zero-order valence-electron chi connectivity index (χ0n) is 9.46. The molecule has 0 aliphatic carbocycles. The van der Waals surface area contributed by atoms with Crippen molar-refractivity contribution in [2.45, 2.75) is 26.3 Å². The van der Waals surface area contributed by atoms with Gasteiger partial charge in [0.25, 0.3) is 0 Å². The van der Waals surface area contributed by atoms with Gasteiger partial charge in [0.15, 0.2) is 0 Å². The molecule has 0 bridgehead atoms. The third-order valence-corrected chi connectivity index (χ3v) is 1.85. The summed E-state index contributed by atoms with van der Waals surface area (Å²) in [4.78, 5) is 22.1. The quantitative estimate of drug-likeness (QED) is 0.457. The summed E-state index contributed by atoms with van der Waals surface area (Å²) in [7, 11) is 1.47. The number of hydrogen-bond donors (Lipinski definition) is 3. The summed E-state index contributed by atoms with van der Waals surface area (Å²) in [6.45, 7) is 4.38. The van der Waals surface area contributed by atoms with Gasteiger partial charge in [-0.3, -0.25) is 10.1 Å². The lowest BCUT2D eigenvalue weighted by Gasteiger charge is -2.12. The van der Waals surface area contributed by atoms with Crippen molar-refractivity contribution in [1.29, 1.82) is 0 Å². The highest BCUT2D eigenvalue weighted by Gasteiger charge is 2.13. The molecule has 0 saturated carbocycles. The highest BCUT2D eigenvalue weighted by Crippen LogP contribution is 1.85. The van der Waals surface area contributed by atoms with E-state index in [0.717, 1.165) is 6.42 Å². The van der Waals surface area contributed by atoms with Crippen molar-refractivity contribution in [2.24, 2.45) is 0 Å². The van der Waals surface area contributed by atoms with E-state index < -0.39 is 6.03 Å². The van der Waals surface area contributed by atoms with Gasteiger partial charge < -0.3 is 10.6 Å². The SMILES string of the molecule is C/C=C/CCNC(C)C(=O)NC(=O)NC. The second-order valence-corrected chi connectivity index (χ2v) is 3.10. The first-order valence-electron chi connectivity index (χ1n) is 4.99. The van der Waals surface area contributed by atoms with E-state index in [1.807, 2.05) is 19.1 Å². The molecule has 0 radical (unpaired) electrons. The molecule has 0 aromatic carbocycles. The lowest BCUT2D eigenvalue weighted by Crippen LogP contribution is -2.47. The Morgan fingerprint density at radius 3 is 2.60 bits per heavy atom. The van der Waals surface area contributed by atoms with Crippen LogP contribution in [0.5, 0.6) is 0 Å². The minimum atomic E-state index is -0.484. The van der Waals surface area contributed by atoms with Crippen molar-refractivity contribution in [3.63, 3.8) is 0 Å². The van der Waals surface area contributed by atoms with Gasteiger partial charge in [-0.1, -0.05) is 12.2 Å². The number of carbonyl (C=O) groups is 2. The standard InChI is InChI=1S/C10H19N3O2/c1-4-5-6-7-12-8(2)9(14)13-10(15)11-3/h4-5,8,12H,6-7H2,1-3H3,(H2,11,13,14,15)/b5-4+. The largest absolute Gasteiger partial charge is 0.341 e. The summed E-state index contributed by atoms with van der Waals surface area (Å²) in [5, 5.41) is 7.52. The van der Waals surface area contributed by atoms with Crippen molar-refractivity contribution < 1.29 is 9.59 Å². The summed E-state index contributed by atoms with van der Waals surface area (Å²) in [5.74, 6) is -0.324. The fourth-order valence-electron chi connectivity index (χ4n) is 0.925. The number of carbonyl (C=O) groups excluding carboxylic acids is 2. The highest BCUT2D eigenvalue weighted by molar-refractivity contribution is 5.96. The molecule has 5 nitrogen and oxygen atoms in total. The van der Waals surface area contributed by atoms with E-state index in [0.29, 0.717) is 6.54 Å². The van der Waals surface area contributed by atoms with Crippen LogP contribution in [0.15, 0.2) is 12.2 Å². The van der Waals surface area contributed by atoms with Crippen LogP contribution in [0.1, 0.15) is 20.3 Å². The lowest BCUT2D eigenvalue weighted by atomic mass is 10.3. The van der Waals surface area contributed by atoms with Crippen LogP contribution in [0.25, 0.3) is 0 Å². The number of urea groups is 1. The molecule has 0 heterocycles. The number of imide groups is 1. The monoisotopic (exact) mass is 213 g/mol. The molecular formula is C10H19N3O2. The Morgan fingerprint density at radius 1 is 1.40 bits per heavy atom. The Morgan fingerprint density at radius 2 is 2.07 bits per heavy atom. The smallest absolute Gasteiger partial charge is 0.321 e. The molecule has 0 aromatic heterocycles. The van der Waals surface area contributed by atoms with Crippen molar-refractivity contribution in [2.75, 3.05) is 13.6 Å². The Balaban J connectivity index is 3.74. The minimum absolute atomic E-state index is 0.324. The van der Waals surface area contributed by atoms with Crippen molar-refractivity contribution in [3.05, 3.63) is 12.2 Å². The van der Waals surface area contributed by atoms with Gasteiger partial charge in [0.05, 0.1) is 6.04 Å². The number of amides is 3. The summed E-state index contributed by atoms with van der Waals surface area (Å²) < 4.78 is 0. The number of nitrogens with one attached hydrogen (secondary N) is 3. The van der Waals surface area contributed by atoms with Gasteiger partial charge in [-0.05, 0) is 26.8 Å². The van der Waals surface area contributed by atoms with E-state index in [1.54, 1.807) is 6.92 Å². The number of hydrogen-bond acceptors (Lipinski definition) is 3. The molecule has 5 heteroatoms. The van der Waals surface area contributed by atoms with Crippen LogP contribution in [-0.4, -0.2) is 31.6 Å². The fourth-order valence-corrected chi connectivity index (χ4v) is 0.925. The zero-order valence-corrected chi connectivity index (χ0v) is 9.46. The van der Waals surface area contributed by atoms with Crippen molar-refractivity contribution in [1.82, 2.24) is 16.0 Å². The molecular weight excluding hydrogens is 194 g/mol. The van der Waals surface area contributed by atoms with Crippen LogP contribution in [0.2, 0.25) is 0 Å². The first-order valence-corrected chi connectivity index (χ1v) is 4.99. The van der Waals surface area contributed by atoms with E-state index in [2.05, 4.69) is 16.0 Å². The molecule has 15 heavy (non-hydrogen) atoms. The van der Waals surface area contributed by atoms with Gasteiger partial charge in [-0.25, -0.2) is 4.79 Å². The third-order valence-electron chi connectivity index (χ3n) is 1.85. The first-order chi connectivity index (χ1) is 7.11. The average Bonchev–Trinajstić information content (AvgIpc) is 2.23. The van der Waals surface area contributed by atoms with E-state index >= 15 is 0 Å². The Bertz CT molecular complexity index is 239. The van der Waals surface area contributed by atoms with Gasteiger partial charge in [0.2, 0.25) is 5.91 Å². The van der Waals surface area contributed by atoms with Crippen molar-refractivity contribution in [3.8, 4) is 0 Å². The molecule has 1 atom stereocenters. The molecule has 0 fully saturated rings. The molecule has 0 spiro atoms. The Hall–Kier alpha value is -1.36. The second kappa shape index (κ2) is 7.99. The molecule has 0 aromatic rings. The Kier molecular flexibility index (Phi) is 7.27. The van der Waals surface area contributed by atoms with Crippen LogP contribution in [0, 0.1) is 0 Å². The van der Waals surface area contributed by atoms with Crippen molar-refractivity contribution >= 4 is 11.9 Å². The average molecular weight is 213 g/mol. The highest BCUT2D eigenvalue weighted by atomic mass is 16.2. The van der Waals surface area contributed by atoms with E-state index in [1.165, 1.54) is 7.05 Å². The van der Waals surface area contributed by atoms with Crippen LogP contribution in [0.4, 0.5) is 4.79 Å². The van der Waals surface area contributed by atoms with E-state index in [9.17, 15) is 9.59 Å². The van der Waals surface area contributed by atoms with E-state index in [-0.39, 0.29) is 11.9 Å². The molecule has 0 rings (SSSR count). The minimum Gasteiger partial charge on any atom is -0.341 e. The van der Waals surface area contributed by atoms with Gasteiger partial charge in [0, 0.05) is 7.05 Å². The summed E-state index contributed by atoms with van der Waals surface area (Å²) >= 11 is 0. The molecule has 0 saturated heterocycles. The normalized spacial score (nSPS) is 12.5. The molecule has 3 N–H and O–H groups in total. The molecule has 0 aliphatic rings. The fraction of sp³-hybridized carbons (Fsp3) is 0.600. The van der Waals surface area contributed by atoms with Crippen LogP contribution in [-0.2, 0) is 4.79 Å². The van der Waals surface area contributed by atoms with Gasteiger partial charge in [-0.2, -0.15) is 0 Å². The van der Waals surface area contributed by atoms with Crippen LogP contribution in [0.3, 0.4) is 0 Å². The number of allylic oxidation sites excluding steroid dienone is 1. The predicted octanol–water partition coefficient (Wildman–Crippen LogP) is 0.386. The number of rotatable bonds is 5. The summed E-state index contributed by atoms with van der Waals surface area (Å²) in [6, 6.07) is -0.852. The molecule has 86 valence electrons. The maximum Gasteiger partial charge on any atom is 0.321 e. The topological polar surface area (TPSA) is 70.2 Å². The molecule has 3 amide bonds. The zero-order chi connectivity index (χ0) is 11.7. The van der Waals surface area contributed by atoms with Gasteiger partial charge in [-0.15, -0.1) is 0 Å². The molecule has 1 unspecified atom stereocenters. The second-order valence-electron chi connectivity index (χ2n) is 3.10. The maximum absolute atomic E-state index is 11.3. The summed E-state index contributed by atoms with van der Waals surface area (Å²) in [6.07, 6.45) is 4.83. The summed E-state index contributed by atoms with van der Waals surface area (Å²) in [5.41, 5.74) is 0. The maximum atomic E-state index is 11.3. The lowest BCUT2D eigenvalue weighted by molar-refractivity contribution is -0.121. The molecule has 0 aliphatic heterocycles. The predicted molar refractivity (Wildman–Crippen MR) is 59.5 cm³/mol. The van der Waals surface area contributed by atoms with Crippen LogP contribution >= 0.6 is 0 Å². The van der Waals surface area contributed by atoms with E-state index in [4.69, 9.17) is 0 Å². The van der Waals surface area contributed by atoms with Gasteiger partial charge in [0.1, 0.15) is 0 Å². The third kappa shape index (κ3) is 6.68. The van der Waals surface area contributed by atoms with Gasteiger partial charge >= 0.3 is 6.03 Å². The Labute approximate surface area is 90.3 Å². The van der Waals surface area contributed by atoms with Crippen LogP contribution < -0.4 is 16.0 Å².